The van der Waals surface area contributed by atoms with Gasteiger partial charge in [0.25, 0.3) is 15.9 Å². The Kier molecular flexibility index (Phi) is 4.83. The molecular weight excluding hydrogens is 418 g/mol. The lowest BCUT2D eigenvalue weighted by Crippen LogP contribution is -2.29. The number of anilines is 2. The molecule has 2 aromatic heterocycles. The quantitative estimate of drug-likeness (QED) is 0.666. The Labute approximate surface area is 179 Å². The van der Waals surface area contributed by atoms with E-state index in [1.54, 1.807) is 41.9 Å². The first-order valence-corrected chi connectivity index (χ1v) is 12.3. The minimum Gasteiger partial charge on any atom is -0.314 e. The molecule has 1 aliphatic carbocycles. The molecular formula is C22H21N3O3S2. The highest BCUT2D eigenvalue weighted by molar-refractivity contribution is 7.92. The molecule has 3 heterocycles. The molecule has 0 atom stereocenters. The van der Waals surface area contributed by atoms with E-state index in [1.807, 2.05) is 6.07 Å². The van der Waals surface area contributed by atoms with Crippen LogP contribution >= 0.6 is 11.3 Å². The number of sulfonamides is 1. The van der Waals surface area contributed by atoms with E-state index >= 15 is 0 Å². The molecule has 2 aliphatic rings. The van der Waals surface area contributed by atoms with Crippen LogP contribution in [0.3, 0.4) is 0 Å². The summed E-state index contributed by atoms with van der Waals surface area (Å²) in [6, 6.07) is 10.0. The summed E-state index contributed by atoms with van der Waals surface area (Å²) in [6.45, 7) is 0.376. The van der Waals surface area contributed by atoms with Crippen LogP contribution in [0.4, 0.5) is 10.7 Å². The lowest BCUT2D eigenvalue weighted by molar-refractivity contribution is 0.102. The van der Waals surface area contributed by atoms with E-state index in [4.69, 9.17) is 0 Å². The predicted octanol–water partition coefficient (Wildman–Crippen LogP) is 4.03. The van der Waals surface area contributed by atoms with Gasteiger partial charge in [0, 0.05) is 29.4 Å². The Hall–Kier alpha value is -2.71. The van der Waals surface area contributed by atoms with E-state index in [0.717, 1.165) is 23.4 Å². The van der Waals surface area contributed by atoms with Crippen LogP contribution in [0.5, 0.6) is 0 Å². The van der Waals surface area contributed by atoms with Crippen molar-refractivity contribution in [2.45, 2.75) is 37.0 Å². The van der Waals surface area contributed by atoms with Crippen molar-refractivity contribution in [3.05, 3.63) is 70.4 Å². The monoisotopic (exact) mass is 439 g/mol. The summed E-state index contributed by atoms with van der Waals surface area (Å²) in [7, 11) is -3.76. The van der Waals surface area contributed by atoms with Gasteiger partial charge in [-0.05, 0) is 73.6 Å². The van der Waals surface area contributed by atoms with Crippen molar-refractivity contribution in [1.82, 2.24) is 4.98 Å². The summed E-state index contributed by atoms with van der Waals surface area (Å²) in [5, 5.41) is 3.76. The molecule has 1 aliphatic heterocycles. The Morgan fingerprint density at radius 3 is 2.80 bits per heavy atom. The van der Waals surface area contributed by atoms with Crippen molar-refractivity contribution in [2.75, 3.05) is 16.2 Å². The lowest BCUT2D eigenvalue weighted by Gasteiger charge is -2.19. The molecule has 30 heavy (non-hydrogen) atoms. The largest absolute Gasteiger partial charge is 0.314 e. The van der Waals surface area contributed by atoms with Crippen LogP contribution in [0.15, 0.2) is 53.7 Å². The summed E-state index contributed by atoms with van der Waals surface area (Å²) in [4.78, 5) is 18.3. The second kappa shape index (κ2) is 7.52. The van der Waals surface area contributed by atoms with Gasteiger partial charge in [-0.1, -0.05) is 6.07 Å². The van der Waals surface area contributed by atoms with E-state index in [2.05, 4.69) is 10.3 Å². The molecule has 1 aromatic carbocycles. The van der Waals surface area contributed by atoms with Gasteiger partial charge < -0.3 is 5.32 Å². The highest BCUT2D eigenvalue weighted by Gasteiger charge is 2.31. The molecule has 3 aromatic rings. The minimum absolute atomic E-state index is 0.116. The Morgan fingerprint density at radius 2 is 1.93 bits per heavy atom. The zero-order valence-corrected chi connectivity index (χ0v) is 17.9. The van der Waals surface area contributed by atoms with E-state index in [1.165, 1.54) is 39.7 Å². The number of carbonyl (C=O) groups is 1. The standard InChI is InChI=1S/C22H21N3O3S2/c26-22(24-21-13-15-4-1-2-7-20(15)29-21)16-5-3-6-18(12-16)30(27,28)25-11-9-17-14-23-10-8-19(17)25/h3,5-6,8,10,12-14H,1-2,4,7,9,11H2,(H,24,26). The first-order valence-electron chi connectivity index (χ1n) is 10.0. The summed E-state index contributed by atoms with van der Waals surface area (Å²) < 4.78 is 27.9. The Morgan fingerprint density at radius 1 is 1.07 bits per heavy atom. The molecule has 0 spiro atoms. The number of rotatable bonds is 4. The highest BCUT2D eigenvalue weighted by atomic mass is 32.2. The fourth-order valence-corrected chi connectivity index (χ4v) is 6.81. The molecule has 154 valence electrons. The highest BCUT2D eigenvalue weighted by Crippen LogP contribution is 2.34. The normalized spacial score (nSPS) is 15.5. The third-order valence-electron chi connectivity index (χ3n) is 5.65. The maximum absolute atomic E-state index is 13.2. The van der Waals surface area contributed by atoms with Crippen molar-refractivity contribution in [3.8, 4) is 0 Å². The molecule has 0 saturated carbocycles. The SMILES string of the molecule is O=C(Nc1cc2c(s1)CCCC2)c1cccc(S(=O)(=O)N2CCc3cnccc32)c1. The number of benzene rings is 1. The maximum atomic E-state index is 13.2. The number of nitrogens with zero attached hydrogens (tertiary/aromatic N) is 2. The van der Waals surface area contributed by atoms with Gasteiger partial charge in [0.2, 0.25) is 0 Å². The van der Waals surface area contributed by atoms with Gasteiger partial charge in [0.15, 0.2) is 0 Å². The second-order valence-corrected chi connectivity index (χ2v) is 10.6. The molecule has 1 N–H and O–H groups in total. The van der Waals surface area contributed by atoms with Crippen molar-refractivity contribution in [1.29, 1.82) is 0 Å². The van der Waals surface area contributed by atoms with Gasteiger partial charge in [-0.25, -0.2) is 8.42 Å². The van der Waals surface area contributed by atoms with Gasteiger partial charge in [-0.2, -0.15) is 0 Å². The Bertz CT molecular complexity index is 1210. The van der Waals surface area contributed by atoms with E-state index in [-0.39, 0.29) is 10.8 Å². The van der Waals surface area contributed by atoms with Crippen LogP contribution in [-0.2, 0) is 29.3 Å². The Balaban J connectivity index is 1.40. The number of hydrogen-bond acceptors (Lipinski definition) is 5. The fraction of sp³-hybridized carbons (Fsp3) is 0.273. The van der Waals surface area contributed by atoms with Crippen LogP contribution in [0.2, 0.25) is 0 Å². The first kappa shape index (κ1) is 19.3. The molecule has 5 rings (SSSR count). The average molecular weight is 440 g/mol. The van der Waals surface area contributed by atoms with Gasteiger partial charge in [0.1, 0.15) is 0 Å². The van der Waals surface area contributed by atoms with Gasteiger partial charge in [-0.3, -0.25) is 14.1 Å². The third kappa shape index (κ3) is 3.40. The van der Waals surface area contributed by atoms with Crippen LogP contribution in [0, 0.1) is 0 Å². The zero-order chi connectivity index (χ0) is 20.7. The summed E-state index contributed by atoms with van der Waals surface area (Å²) in [6.07, 6.45) is 8.43. The van der Waals surface area contributed by atoms with Crippen LogP contribution in [0.1, 0.15) is 39.2 Å². The molecule has 0 saturated heterocycles. The molecule has 0 bridgehead atoms. The zero-order valence-electron chi connectivity index (χ0n) is 16.3. The van der Waals surface area contributed by atoms with Crippen molar-refractivity contribution < 1.29 is 13.2 Å². The summed E-state index contributed by atoms with van der Waals surface area (Å²) in [5.41, 5.74) is 3.22. The number of amides is 1. The smallest absolute Gasteiger partial charge is 0.264 e. The summed E-state index contributed by atoms with van der Waals surface area (Å²) in [5.74, 6) is -0.295. The number of carbonyl (C=O) groups excluding carboxylic acids is 1. The van der Waals surface area contributed by atoms with Crippen LogP contribution in [-0.4, -0.2) is 25.9 Å². The number of fused-ring (bicyclic) bond motifs is 2. The first-order chi connectivity index (χ1) is 14.5. The molecule has 0 radical (unpaired) electrons. The van der Waals surface area contributed by atoms with Crippen molar-refractivity contribution in [2.24, 2.45) is 0 Å². The van der Waals surface area contributed by atoms with Crippen molar-refractivity contribution >= 4 is 38.0 Å². The molecule has 1 amide bonds. The van der Waals surface area contributed by atoms with Crippen LogP contribution < -0.4 is 9.62 Å². The number of hydrogen-bond donors (Lipinski definition) is 1. The van der Waals surface area contributed by atoms with Gasteiger partial charge >= 0.3 is 0 Å². The molecule has 8 heteroatoms. The lowest BCUT2D eigenvalue weighted by atomic mass is 10.00. The van der Waals surface area contributed by atoms with Crippen molar-refractivity contribution in [3.63, 3.8) is 0 Å². The number of aryl methyl sites for hydroxylation is 2. The van der Waals surface area contributed by atoms with Gasteiger partial charge in [-0.15, -0.1) is 11.3 Å². The number of nitrogens with one attached hydrogen (secondary N) is 1. The second-order valence-electron chi connectivity index (χ2n) is 7.58. The summed E-state index contributed by atoms with van der Waals surface area (Å²) >= 11 is 1.62. The predicted molar refractivity (Wildman–Crippen MR) is 118 cm³/mol. The average Bonchev–Trinajstić information content (AvgIpc) is 3.37. The minimum atomic E-state index is -3.76. The number of aromatic nitrogens is 1. The number of thiophene rings is 1. The molecule has 6 nitrogen and oxygen atoms in total. The topological polar surface area (TPSA) is 79.4 Å². The third-order valence-corrected chi connectivity index (χ3v) is 8.61. The van der Waals surface area contributed by atoms with E-state index in [9.17, 15) is 13.2 Å². The number of pyridine rings is 1. The van der Waals surface area contributed by atoms with E-state index in [0.29, 0.717) is 24.2 Å². The fourth-order valence-electron chi connectivity index (χ4n) is 4.11. The van der Waals surface area contributed by atoms with Gasteiger partial charge in [0.05, 0.1) is 15.6 Å². The van der Waals surface area contributed by atoms with E-state index < -0.39 is 10.0 Å². The van der Waals surface area contributed by atoms with Crippen LogP contribution in [0.25, 0.3) is 0 Å². The molecule has 0 fully saturated rings. The molecule has 0 unspecified atom stereocenters. The maximum Gasteiger partial charge on any atom is 0.264 e.